The first-order valence-electron chi connectivity index (χ1n) is 6.05. The first kappa shape index (κ1) is 17.7. The Kier molecular flexibility index (Phi) is 7.40. The van der Waals surface area contributed by atoms with Crippen LogP contribution in [0.15, 0.2) is 4.99 Å². The maximum absolute atomic E-state index is 11.2. The molecule has 2 N–H and O–H groups in total. The van der Waals surface area contributed by atoms with E-state index in [-0.39, 0.29) is 19.1 Å². The molecule has 1 amide bonds. The topological polar surface area (TPSA) is 81.2 Å². The normalized spacial score (nSPS) is 12.5. The minimum absolute atomic E-state index is 0.138. The van der Waals surface area contributed by atoms with Gasteiger partial charge in [0, 0.05) is 0 Å². The summed E-state index contributed by atoms with van der Waals surface area (Å²) in [6.45, 7) is 11.5. The monoisotopic (exact) mass is 275 g/mol. The quantitative estimate of drug-likeness (QED) is 0.254. The second kappa shape index (κ2) is 7.96. The summed E-state index contributed by atoms with van der Waals surface area (Å²) in [4.78, 5) is 15.0. The van der Waals surface area contributed by atoms with Gasteiger partial charge in [-0.3, -0.25) is 5.43 Å². The van der Waals surface area contributed by atoms with Gasteiger partial charge in [-0.15, -0.1) is 0 Å². The minimum atomic E-state index is -0.573. The number of carbonyl (C=O) groups excluding carboxylic acids is 1. The Morgan fingerprint density at radius 2 is 1.79 bits per heavy atom. The van der Waals surface area contributed by atoms with Gasteiger partial charge in [-0.25, -0.2) is 15.2 Å². The number of hydrogen-bond donors (Lipinski definition) is 2. The molecule has 0 atom stereocenters. The number of ether oxygens (including phenoxy) is 3. The Morgan fingerprint density at radius 3 is 2.32 bits per heavy atom. The predicted molar refractivity (Wildman–Crippen MR) is 72.7 cm³/mol. The molecule has 0 rings (SSSR count). The van der Waals surface area contributed by atoms with Gasteiger partial charge in [-0.05, 0) is 41.5 Å². The van der Waals surface area contributed by atoms with Gasteiger partial charge in [0.05, 0.1) is 5.60 Å². The van der Waals surface area contributed by atoms with E-state index in [9.17, 15) is 4.79 Å². The van der Waals surface area contributed by atoms with Crippen molar-refractivity contribution in [3.63, 3.8) is 0 Å². The van der Waals surface area contributed by atoms with Crippen LogP contribution in [0.4, 0.5) is 4.79 Å². The van der Waals surface area contributed by atoms with Gasteiger partial charge in [-0.2, -0.15) is 0 Å². The maximum atomic E-state index is 11.2. The second-order valence-corrected chi connectivity index (χ2v) is 5.79. The van der Waals surface area contributed by atoms with Gasteiger partial charge in [0.25, 0.3) is 0 Å². The standard InChI is InChI=1S/C12H25N3O4/c1-11(2,3)18-9-17-8-13-7-14-15-10(16)19-12(4,5)6/h7H,8-9H2,1-6H3,(H,13,14)(H,15,16). The highest BCUT2D eigenvalue weighted by Crippen LogP contribution is 2.06. The van der Waals surface area contributed by atoms with Crippen LogP contribution in [0.3, 0.4) is 0 Å². The van der Waals surface area contributed by atoms with E-state index in [0.717, 1.165) is 0 Å². The van der Waals surface area contributed by atoms with E-state index in [1.807, 2.05) is 20.8 Å². The van der Waals surface area contributed by atoms with Crippen LogP contribution in [0.5, 0.6) is 0 Å². The van der Waals surface area contributed by atoms with Crippen LogP contribution in [0.1, 0.15) is 41.5 Å². The Labute approximate surface area is 114 Å². The smallest absolute Gasteiger partial charge is 0.426 e. The molecule has 0 saturated carbocycles. The van der Waals surface area contributed by atoms with Gasteiger partial charge >= 0.3 is 6.09 Å². The number of amides is 1. The Hall–Kier alpha value is -1.34. The van der Waals surface area contributed by atoms with Crippen molar-refractivity contribution in [1.82, 2.24) is 10.9 Å². The molecule has 7 nitrogen and oxygen atoms in total. The molecule has 112 valence electrons. The average molecular weight is 275 g/mol. The summed E-state index contributed by atoms with van der Waals surface area (Å²) in [5.41, 5.74) is 4.02. The first-order valence-corrected chi connectivity index (χ1v) is 6.05. The molecule has 0 bridgehead atoms. The van der Waals surface area contributed by atoms with Crippen molar-refractivity contribution < 1.29 is 19.0 Å². The lowest BCUT2D eigenvalue weighted by Gasteiger charge is -2.19. The molecule has 0 radical (unpaired) electrons. The molecule has 0 aromatic rings. The maximum Gasteiger partial charge on any atom is 0.426 e. The summed E-state index contributed by atoms with van der Waals surface area (Å²) in [5.74, 6) is 0. The molecule has 7 heteroatoms. The molecule has 19 heavy (non-hydrogen) atoms. The summed E-state index contributed by atoms with van der Waals surface area (Å²) in [5, 5.41) is 0. The number of hydrogen-bond acceptors (Lipinski definition) is 5. The average Bonchev–Trinajstić information content (AvgIpc) is 2.17. The highest BCUT2D eigenvalue weighted by molar-refractivity contribution is 5.69. The third-order valence-electron chi connectivity index (χ3n) is 1.47. The van der Waals surface area contributed by atoms with Crippen molar-refractivity contribution >= 4 is 12.4 Å². The fourth-order valence-corrected chi connectivity index (χ4v) is 0.786. The molecular weight excluding hydrogens is 250 g/mol. The van der Waals surface area contributed by atoms with E-state index >= 15 is 0 Å². The second-order valence-electron chi connectivity index (χ2n) is 5.79. The van der Waals surface area contributed by atoms with Crippen LogP contribution < -0.4 is 10.9 Å². The molecule has 0 aliphatic carbocycles. The fourth-order valence-electron chi connectivity index (χ4n) is 0.786. The summed E-state index contributed by atoms with van der Waals surface area (Å²) in [7, 11) is 0. The summed E-state index contributed by atoms with van der Waals surface area (Å²) >= 11 is 0. The Balaban J connectivity index is 3.52. The van der Waals surface area contributed by atoms with E-state index in [1.165, 1.54) is 6.34 Å². The van der Waals surface area contributed by atoms with Crippen molar-refractivity contribution in [2.75, 3.05) is 13.5 Å². The number of aliphatic imine (C=N–C) groups is 1. The Morgan fingerprint density at radius 1 is 1.16 bits per heavy atom. The number of rotatable bonds is 6. The summed E-state index contributed by atoms with van der Waals surface area (Å²) < 4.78 is 15.4. The van der Waals surface area contributed by atoms with E-state index in [2.05, 4.69) is 15.8 Å². The van der Waals surface area contributed by atoms with E-state index in [0.29, 0.717) is 0 Å². The number of carbonyl (C=O) groups is 1. The fraction of sp³-hybridized carbons (Fsp3) is 0.833. The van der Waals surface area contributed by atoms with Crippen LogP contribution in [0, 0.1) is 0 Å². The number of hydrazine groups is 1. The van der Waals surface area contributed by atoms with Crippen LogP contribution in [0.25, 0.3) is 0 Å². The van der Waals surface area contributed by atoms with Crippen molar-refractivity contribution in [2.24, 2.45) is 4.99 Å². The zero-order chi connectivity index (χ0) is 14.9. The minimum Gasteiger partial charge on any atom is -0.443 e. The van der Waals surface area contributed by atoms with Crippen LogP contribution in [-0.2, 0) is 14.2 Å². The van der Waals surface area contributed by atoms with Gasteiger partial charge in [-0.1, -0.05) is 0 Å². The highest BCUT2D eigenvalue weighted by Gasteiger charge is 2.15. The molecule has 0 aromatic heterocycles. The SMILES string of the molecule is CC(C)(C)OCOCN=CNNC(=O)OC(C)(C)C. The molecular formula is C12H25N3O4. The van der Waals surface area contributed by atoms with Crippen LogP contribution in [0.2, 0.25) is 0 Å². The third kappa shape index (κ3) is 14.6. The molecule has 0 unspecified atom stereocenters. The lowest BCUT2D eigenvalue weighted by Crippen LogP contribution is -2.40. The molecule has 0 saturated heterocycles. The summed E-state index contributed by atoms with van der Waals surface area (Å²) in [6, 6.07) is 0. The largest absolute Gasteiger partial charge is 0.443 e. The van der Waals surface area contributed by atoms with Gasteiger partial charge in [0.15, 0.2) is 0 Å². The molecule has 0 spiro atoms. The Bertz CT molecular complexity index is 292. The predicted octanol–water partition coefficient (Wildman–Crippen LogP) is 1.79. The number of nitrogens with one attached hydrogen (secondary N) is 2. The zero-order valence-electron chi connectivity index (χ0n) is 12.6. The van der Waals surface area contributed by atoms with Gasteiger partial charge < -0.3 is 14.2 Å². The molecule has 0 aliphatic rings. The van der Waals surface area contributed by atoms with Crippen molar-refractivity contribution in [1.29, 1.82) is 0 Å². The highest BCUT2D eigenvalue weighted by atomic mass is 16.7. The van der Waals surface area contributed by atoms with E-state index in [1.54, 1.807) is 20.8 Å². The lowest BCUT2D eigenvalue weighted by molar-refractivity contribution is -0.118. The van der Waals surface area contributed by atoms with Crippen molar-refractivity contribution in [3.8, 4) is 0 Å². The van der Waals surface area contributed by atoms with Crippen LogP contribution >= 0.6 is 0 Å². The third-order valence-corrected chi connectivity index (χ3v) is 1.47. The van der Waals surface area contributed by atoms with Gasteiger partial charge in [0.1, 0.15) is 25.5 Å². The van der Waals surface area contributed by atoms with Crippen molar-refractivity contribution in [2.45, 2.75) is 52.7 Å². The zero-order valence-corrected chi connectivity index (χ0v) is 12.6. The summed E-state index contributed by atoms with van der Waals surface area (Å²) in [6.07, 6.45) is 0.733. The first-order chi connectivity index (χ1) is 8.60. The van der Waals surface area contributed by atoms with E-state index in [4.69, 9.17) is 14.2 Å². The molecule has 0 aromatic carbocycles. The molecule has 0 fully saturated rings. The van der Waals surface area contributed by atoms with Crippen LogP contribution in [-0.4, -0.2) is 37.2 Å². The molecule has 0 aliphatic heterocycles. The lowest BCUT2D eigenvalue weighted by atomic mass is 10.2. The van der Waals surface area contributed by atoms with Gasteiger partial charge in [0.2, 0.25) is 0 Å². The van der Waals surface area contributed by atoms with Crippen molar-refractivity contribution in [3.05, 3.63) is 0 Å². The van der Waals surface area contributed by atoms with E-state index < -0.39 is 11.7 Å². The number of nitrogens with zero attached hydrogens (tertiary/aromatic N) is 1. The molecule has 0 heterocycles.